The molecule has 1 unspecified atom stereocenters. The van der Waals surface area contributed by atoms with Gasteiger partial charge in [-0.3, -0.25) is 4.79 Å². The number of carbonyl (C=O) groups is 1. The van der Waals surface area contributed by atoms with Crippen LogP contribution in [0.25, 0.3) is 11.5 Å². The molecule has 1 amide bonds. The van der Waals surface area contributed by atoms with Crippen molar-refractivity contribution in [3.05, 3.63) is 42.3 Å². The van der Waals surface area contributed by atoms with Gasteiger partial charge in [0.25, 0.3) is 0 Å². The highest BCUT2D eigenvalue weighted by Gasteiger charge is 2.14. The van der Waals surface area contributed by atoms with Crippen LogP contribution in [0.5, 0.6) is 0 Å². The van der Waals surface area contributed by atoms with Gasteiger partial charge in [-0.2, -0.15) is 0 Å². The molecule has 5 heteroatoms. The third-order valence-electron chi connectivity index (χ3n) is 3.20. The maximum Gasteiger partial charge on any atom is 0.226 e. The lowest BCUT2D eigenvalue weighted by Gasteiger charge is -2.13. The van der Waals surface area contributed by atoms with E-state index in [9.17, 15) is 9.90 Å². The molecule has 0 aliphatic rings. The first-order valence-corrected chi connectivity index (χ1v) is 7.01. The number of benzene rings is 1. The standard InChI is InChI=1S/C16H20N2O3/c1-11(2)14(19)8-15(20)17-9-13-10-21-16(18-13)12-6-4-3-5-7-12/h3-7,10-11,14,19H,8-9H2,1-2H3,(H,17,20). The predicted octanol–water partition coefficient (Wildman–Crippen LogP) is 2.36. The van der Waals surface area contributed by atoms with Gasteiger partial charge >= 0.3 is 0 Å². The molecule has 0 radical (unpaired) electrons. The Balaban J connectivity index is 1.87. The normalized spacial score (nSPS) is 12.4. The predicted molar refractivity (Wildman–Crippen MR) is 79.2 cm³/mol. The maximum absolute atomic E-state index is 11.7. The molecule has 0 bridgehead atoms. The molecule has 1 atom stereocenters. The number of hydrogen-bond donors (Lipinski definition) is 2. The molecule has 112 valence electrons. The Morgan fingerprint density at radius 1 is 1.33 bits per heavy atom. The van der Waals surface area contributed by atoms with E-state index in [2.05, 4.69) is 10.3 Å². The molecular weight excluding hydrogens is 268 g/mol. The summed E-state index contributed by atoms with van der Waals surface area (Å²) in [5, 5.41) is 12.4. The van der Waals surface area contributed by atoms with E-state index in [4.69, 9.17) is 4.42 Å². The number of hydrogen-bond acceptors (Lipinski definition) is 4. The van der Waals surface area contributed by atoms with Gasteiger partial charge in [0.15, 0.2) is 0 Å². The molecule has 2 rings (SSSR count). The van der Waals surface area contributed by atoms with Crippen molar-refractivity contribution in [2.45, 2.75) is 32.9 Å². The van der Waals surface area contributed by atoms with Gasteiger partial charge in [0.05, 0.1) is 24.8 Å². The molecule has 2 N–H and O–H groups in total. The van der Waals surface area contributed by atoms with Crippen LogP contribution in [0.4, 0.5) is 0 Å². The summed E-state index contributed by atoms with van der Waals surface area (Å²) in [6, 6.07) is 9.57. The Hall–Kier alpha value is -2.14. The molecule has 5 nitrogen and oxygen atoms in total. The zero-order chi connectivity index (χ0) is 15.2. The average molecular weight is 288 g/mol. The summed E-state index contributed by atoms with van der Waals surface area (Å²) in [6.07, 6.45) is 1.00. The van der Waals surface area contributed by atoms with Crippen LogP contribution in [0.2, 0.25) is 0 Å². The summed E-state index contributed by atoms with van der Waals surface area (Å²) in [7, 11) is 0. The third kappa shape index (κ3) is 4.43. The van der Waals surface area contributed by atoms with Crippen molar-refractivity contribution in [1.82, 2.24) is 10.3 Å². The van der Waals surface area contributed by atoms with Crippen LogP contribution in [0.15, 0.2) is 41.0 Å². The Bertz CT molecular complexity index is 578. The van der Waals surface area contributed by atoms with E-state index in [0.717, 1.165) is 5.56 Å². The fraction of sp³-hybridized carbons (Fsp3) is 0.375. The monoisotopic (exact) mass is 288 g/mol. The minimum absolute atomic E-state index is 0.0625. The van der Waals surface area contributed by atoms with Crippen molar-refractivity contribution in [2.24, 2.45) is 5.92 Å². The second-order valence-corrected chi connectivity index (χ2v) is 5.30. The highest BCUT2D eigenvalue weighted by molar-refractivity contribution is 5.76. The number of nitrogens with zero attached hydrogens (tertiary/aromatic N) is 1. The summed E-state index contributed by atoms with van der Waals surface area (Å²) >= 11 is 0. The molecule has 0 aliphatic heterocycles. The minimum Gasteiger partial charge on any atom is -0.444 e. The molecule has 0 saturated heterocycles. The van der Waals surface area contributed by atoms with Gasteiger partial charge in [0.1, 0.15) is 6.26 Å². The van der Waals surface area contributed by atoms with Crippen molar-refractivity contribution in [3.8, 4) is 11.5 Å². The number of aliphatic hydroxyl groups is 1. The zero-order valence-electron chi connectivity index (χ0n) is 12.2. The average Bonchev–Trinajstić information content (AvgIpc) is 2.95. The molecular formula is C16H20N2O3. The fourth-order valence-corrected chi connectivity index (χ4v) is 1.79. The number of amides is 1. The van der Waals surface area contributed by atoms with Gasteiger partial charge in [-0.25, -0.2) is 4.98 Å². The van der Waals surface area contributed by atoms with Crippen LogP contribution in [-0.2, 0) is 11.3 Å². The molecule has 0 fully saturated rings. The van der Waals surface area contributed by atoms with Gasteiger partial charge in [-0.1, -0.05) is 32.0 Å². The lowest BCUT2D eigenvalue weighted by Crippen LogP contribution is -2.29. The van der Waals surface area contributed by atoms with E-state index in [1.807, 2.05) is 44.2 Å². The summed E-state index contributed by atoms with van der Waals surface area (Å²) in [5.41, 5.74) is 1.55. The molecule has 0 spiro atoms. The maximum atomic E-state index is 11.7. The van der Waals surface area contributed by atoms with Crippen molar-refractivity contribution in [3.63, 3.8) is 0 Å². The molecule has 0 aliphatic carbocycles. The van der Waals surface area contributed by atoms with Gasteiger partial charge in [0.2, 0.25) is 11.8 Å². The Morgan fingerprint density at radius 2 is 2.05 bits per heavy atom. The van der Waals surface area contributed by atoms with Gasteiger partial charge in [-0.15, -0.1) is 0 Å². The quantitative estimate of drug-likeness (QED) is 0.855. The first-order chi connectivity index (χ1) is 10.1. The van der Waals surface area contributed by atoms with Crippen LogP contribution in [0.1, 0.15) is 26.0 Å². The second kappa shape index (κ2) is 7.04. The number of aliphatic hydroxyl groups excluding tert-OH is 1. The van der Waals surface area contributed by atoms with Gasteiger partial charge < -0.3 is 14.8 Å². The van der Waals surface area contributed by atoms with E-state index < -0.39 is 6.10 Å². The second-order valence-electron chi connectivity index (χ2n) is 5.30. The van der Waals surface area contributed by atoms with Crippen LogP contribution in [0, 0.1) is 5.92 Å². The first kappa shape index (κ1) is 15.3. The van der Waals surface area contributed by atoms with Crippen LogP contribution >= 0.6 is 0 Å². The van der Waals surface area contributed by atoms with Crippen molar-refractivity contribution in [2.75, 3.05) is 0 Å². The number of aromatic nitrogens is 1. The van der Waals surface area contributed by atoms with E-state index in [-0.39, 0.29) is 18.2 Å². The van der Waals surface area contributed by atoms with E-state index in [1.54, 1.807) is 0 Å². The first-order valence-electron chi connectivity index (χ1n) is 7.01. The largest absolute Gasteiger partial charge is 0.444 e. The lowest BCUT2D eigenvalue weighted by atomic mass is 10.0. The number of oxazole rings is 1. The highest BCUT2D eigenvalue weighted by Crippen LogP contribution is 2.17. The molecule has 1 aromatic heterocycles. The zero-order valence-corrected chi connectivity index (χ0v) is 12.2. The topological polar surface area (TPSA) is 75.4 Å². The van der Waals surface area contributed by atoms with E-state index in [0.29, 0.717) is 18.1 Å². The molecule has 2 aromatic rings. The fourth-order valence-electron chi connectivity index (χ4n) is 1.79. The SMILES string of the molecule is CC(C)C(O)CC(=O)NCc1coc(-c2ccccc2)n1. The van der Waals surface area contributed by atoms with Gasteiger partial charge in [-0.05, 0) is 18.1 Å². The molecule has 21 heavy (non-hydrogen) atoms. The van der Waals surface area contributed by atoms with Crippen molar-refractivity contribution >= 4 is 5.91 Å². The van der Waals surface area contributed by atoms with Crippen LogP contribution in [0.3, 0.4) is 0 Å². The number of carbonyl (C=O) groups excluding carboxylic acids is 1. The highest BCUT2D eigenvalue weighted by atomic mass is 16.3. The van der Waals surface area contributed by atoms with Gasteiger partial charge in [0, 0.05) is 5.56 Å². The van der Waals surface area contributed by atoms with Crippen molar-refractivity contribution < 1.29 is 14.3 Å². The van der Waals surface area contributed by atoms with E-state index in [1.165, 1.54) is 6.26 Å². The van der Waals surface area contributed by atoms with E-state index >= 15 is 0 Å². The Kier molecular flexibility index (Phi) is 5.11. The molecule has 0 saturated carbocycles. The summed E-state index contributed by atoms with van der Waals surface area (Å²) < 4.78 is 5.39. The minimum atomic E-state index is -0.623. The smallest absolute Gasteiger partial charge is 0.226 e. The van der Waals surface area contributed by atoms with Crippen molar-refractivity contribution in [1.29, 1.82) is 0 Å². The molecule has 1 aromatic carbocycles. The number of rotatable bonds is 6. The molecule has 1 heterocycles. The van der Waals surface area contributed by atoms with Crippen LogP contribution in [-0.4, -0.2) is 22.1 Å². The summed E-state index contributed by atoms with van der Waals surface area (Å²) in [4.78, 5) is 16.0. The van der Waals surface area contributed by atoms with Crippen LogP contribution < -0.4 is 5.32 Å². The summed E-state index contributed by atoms with van der Waals surface area (Å²) in [5.74, 6) is 0.398. The number of nitrogens with one attached hydrogen (secondary N) is 1. The Labute approximate surface area is 124 Å². The third-order valence-corrected chi connectivity index (χ3v) is 3.20. The lowest BCUT2D eigenvalue weighted by molar-refractivity contribution is -0.123. The summed E-state index contributed by atoms with van der Waals surface area (Å²) in [6.45, 7) is 4.05. The Morgan fingerprint density at radius 3 is 2.71 bits per heavy atom.